The first-order chi connectivity index (χ1) is 11.8. The standard InChI is InChI=1S/C20H25ClN2O2/c1-20(2,25-18-11-7-16(21)8-12-18)19(24)22-17-9-5-15(6-10-17)13-14-23(3)4/h5-12H,13-14H2,1-4H3,(H,22,24). The van der Waals surface area contributed by atoms with Gasteiger partial charge >= 0.3 is 0 Å². The number of rotatable bonds is 7. The van der Waals surface area contributed by atoms with Crippen LogP contribution in [0.2, 0.25) is 5.02 Å². The normalized spacial score (nSPS) is 11.4. The molecule has 4 nitrogen and oxygen atoms in total. The van der Waals surface area contributed by atoms with Gasteiger partial charge in [0.2, 0.25) is 0 Å². The number of carbonyl (C=O) groups excluding carboxylic acids is 1. The van der Waals surface area contributed by atoms with Gasteiger partial charge in [-0.2, -0.15) is 0 Å². The van der Waals surface area contributed by atoms with E-state index in [9.17, 15) is 4.79 Å². The molecule has 0 unspecified atom stereocenters. The Bertz CT molecular complexity index is 695. The molecule has 1 N–H and O–H groups in total. The minimum absolute atomic E-state index is 0.205. The predicted octanol–water partition coefficient (Wildman–Crippen LogP) is 4.24. The van der Waals surface area contributed by atoms with Crippen LogP contribution in [0.15, 0.2) is 48.5 Å². The van der Waals surface area contributed by atoms with E-state index >= 15 is 0 Å². The molecule has 1 amide bonds. The molecule has 2 aromatic carbocycles. The highest BCUT2D eigenvalue weighted by Crippen LogP contribution is 2.22. The molecule has 134 valence electrons. The largest absolute Gasteiger partial charge is 0.478 e. The number of amides is 1. The zero-order valence-electron chi connectivity index (χ0n) is 15.2. The van der Waals surface area contributed by atoms with E-state index in [-0.39, 0.29) is 5.91 Å². The van der Waals surface area contributed by atoms with Crippen LogP contribution in [-0.2, 0) is 11.2 Å². The number of hydrogen-bond acceptors (Lipinski definition) is 3. The summed E-state index contributed by atoms with van der Waals surface area (Å²) < 4.78 is 5.80. The Morgan fingerprint density at radius 1 is 1.08 bits per heavy atom. The number of likely N-dealkylation sites (N-methyl/N-ethyl adjacent to an activating group) is 1. The lowest BCUT2D eigenvalue weighted by molar-refractivity contribution is -0.128. The smallest absolute Gasteiger partial charge is 0.267 e. The molecule has 0 aliphatic rings. The summed E-state index contributed by atoms with van der Waals surface area (Å²) in [6.07, 6.45) is 0.979. The third-order valence-electron chi connectivity index (χ3n) is 3.79. The minimum Gasteiger partial charge on any atom is -0.478 e. The zero-order valence-corrected chi connectivity index (χ0v) is 15.9. The summed E-state index contributed by atoms with van der Waals surface area (Å²) in [5.41, 5.74) is 0.993. The van der Waals surface area contributed by atoms with Crippen molar-refractivity contribution in [3.05, 3.63) is 59.1 Å². The van der Waals surface area contributed by atoms with Crippen LogP contribution >= 0.6 is 11.6 Å². The molecule has 2 aromatic rings. The van der Waals surface area contributed by atoms with Gasteiger partial charge in [-0.05, 0) is 76.3 Å². The van der Waals surface area contributed by atoms with E-state index in [0.717, 1.165) is 18.7 Å². The van der Waals surface area contributed by atoms with Gasteiger partial charge < -0.3 is 15.0 Å². The van der Waals surface area contributed by atoms with Crippen molar-refractivity contribution < 1.29 is 9.53 Å². The molecule has 0 radical (unpaired) electrons. The molecule has 0 atom stereocenters. The highest BCUT2D eigenvalue weighted by Gasteiger charge is 2.30. The monoisotopic (exact) mass is 360 g/mol. The number of nitrogens with zero attached hydrogens (tertiary/aromatic N) is 1. The molecule has 0 bridgehead atoms. The second-order valence-electron chi connectivity index (χ2n) is 6.77. The quantitative estimate of drug-likeness (QED) is 0.802. The Morgan fingerprint density at radius 3 is 2.24 bits per heavy atom. The van der Waals surface area contributed by atoms with Crippen LogP contribution in [0.5, 0.6) is 5.75 Å². The molecular weight excluding hydrogens is 336 g/mol. The van der Waals surface area contributed by atoms with E-state index in [2.05, 4.69) is 24.3 Å². The number of nitrogens with one attached hydrogen (secondary N) is 1. The van der Waals surface area contributed by atoms with Crippen molar-refractivity contribution in [3.63, 3.8) is 0 Å². The molecule has 0 heterocycles. The molecule has 2 rings (SSSR count). The Hall–Kier alpha value is -2.04. The van der Waals surface area contributed by atoms with E-state index in [0.29, 0.717) is 10.8 Å². The third-order valence-corrected chi connectivity index (χ3v) is 4.04. The van der Waals surface area contributed by atoms with Crippen molar-refractivity contribution >= 4 is 23.2 Å². The number of hydrogen-bond donors (Lipinski definition) is 1. The lowest BCUT2D eigenvalue weighted by Gasteiger charge is -2.25. The molecule has 25 heavy (non-hydrogen) atoms. The highest BCUT2D eigenvalue weighted by atomic mass is 35.5. The molecule has 0 aliphatic carbocycles. The van der Waals surface area contributed by atoms with E-state index < -0.39 is 5.60 Å². The summed E-state index contributed by atoms with van der Waals surface area (Å²) in [5.74, 6) is 0.395. The molecule has 0 fully saturated rings. The van der Waals surface area contributed by atoms with Gasteiger partial charge in [-0.1, -0.05) is 23.7 Å². The minimum atomic E-state index is -1.00. The van der Waals surface area contributed by atoms with Crippen LogP contribution < -0.4 is 10.1 Å². The van der Waals surface area contributed by atoms with Crippen molar-refractivity contribution in [1.82, 2.24) is 4.90 Å². The van der Waals surface area contributed by atoms with Crippen LogP contribution in [0, 0.1) is 0 Å². The number of anilines is 1. The summed E-state index contributed by atoms with van der Waals surface area (Å²) in [6.45, 7) is 4.47. The number of halogens is 1. The average Bonchev–Trinajstić information content (AvgIpc) is 2.56. The van der Waals surface area contributed by atoms with Crippen molar-refractivity contribution in [3.8, 4) is 5.75 Å². The van der Waals surface area contributed by atoms with Crippen LogP contribution in [0.4, 0.5) is 5.69 Å². The van der Waals surface area contributed by atoms with E-state index in [1.807, 2.05) is 24.3 Å². The predicted molar refractivity (Wildman–Crippen MR) is 103 cm³/mol. The summed E-state index contributed by atoms with van der Waals surface area (Å²) in [7, 11) is 4.11. The van der Waals surface area contributed by atoms with Crippen LogP contribution in [0.25, 0.3) is 0 Å². The summed E-state index contributed by atoms with van der Waals surface area (Å²) in [5, 5.41) is 3.53. The average molecular weight is 361 g/mol. The fourth-order valence-electron chi connectivity index (χ4n) is 2.23. The van der Waals surface area contributed by atoms with Gasteiger partial charge in [0.25, 0.3) is 5.91 Å². The van der Waals surface area contributed by atoms with Gasteiger partial charge in [0.1, 0.15) is 5.75 Å². The number of benzene rings is 2. The van der Waals surface area contributed by atoms with Crippen LogP contribution in [0.1, 0.15) is 19.4 Å². The van der Waals surface area contributed by atoms with Gasteiger partial charge in [0.05, 0.1) is 0 Å². The summed E-state index contributed by atoms with van der Waals surface area (Å²) in [6, 6.07) is 14.9. The van der Waals surface area contributed by atoms with Crippen molar-refractivity contribution in [1.29, 1.82) is 0 Å². The number of ether oxygens (including phenoxy) is 1. The van der Waals surface area contributed by atoms with E-state index in [1.54, 1.807) is 38.1 Å². The molecule has 0 saturated heterocycles. The lowest BCUT2D eigenvalue weighted by atomic mass is 10.1. The van der Waals surface area contributed by atoms with E-state index in [4.69, 9.17) is 16.3 Å². The maximum atomic E-state index is 12.5. The van der Waals surface area contributed by atoms with Crippen molar-refractivity contribution in [2.75, 3.05) is 26.0 Å². The maximum Gasteiger partial charge on any atom is 0.267 e. The first kappa shape index (κ1) is 19.3. The second-order valence-corrected chi connectivity index (χ2v) is 7.21. The molecule has 5 heteroatoms. The van der Waals surface area contributed by atoms with E-state index in [1.165, 1.54) is 5.56 Å². The van der Waals surface area contributed by atoms with Crippen molar-refractivity contribution in [2.24, 2.45) is 0 Å². The Balaban J connectivity index is 1.96. The first-order valence-corrected chi connectivity index (χ1v) is 8.64. The third kappa shape index (κ3) is 6.07. The van der Waals surface area contributed by atoms with Crippen molar-refractivity contribution in [2.45, 2.75) is 25.9 Å². The molecule has 0 aromatic heterocycles. The van der Waals surface area contributed by atoms with Crippen LogP contribution in [0.3, 0.4) is 0 Å². The SMILES string of the molecule is CN(C)CCc1ccc(NC(=O)C(C)(C)Oc2ccc(Cl)cc2)cc1. The summed E-state index contributed by atoms with van der Waals surface area (Å²) >= 11 is 5.87. The fraction of sp³-hybridized carbons (Fsp3) is 0.350. The Morgan fingerprint density at radius 2 is 1.68 bits per heavy atom. The first-order valence-electron chi connectivity index (χ1n) is 8.26. The zero-order chi connectivity index (χ0) is 18.4. The molecule has 0 saturated carbocycles. The molecule has 0 aliphatic heterocycles. The van der Waals surface area contributed by atoms with Gasteiger partial charge in [-0.15, -0.1) is 0 Å². The fourth-order valence-corrected chi connectivity index (χ4v) is 2.36. The second kappa shape index (κ2) is 8.37. The Kier molecular flexibility index (Phi) is 6.45. The van der Waals surface area contributed by atoms with Gasteiger partial charge in [-0.25, -0.2) is 0 Å². The Labute approximate surface area is 154 Å². The van der Waals surface area contributed by atoms with Gasteiger partial charge in [-0.3, -0.25) is 4.79 Å². The van der Waals surface area contributed by atoms with Gasteiger partial charge in [0.15, 0.2) is 5.60 Å². The number of carbonyl (C=O) groups is 1. The maximum absolute atomic E-state index is 12.5. The molecule has 0 spiro atoms. The topological polar surface area (TPSA) is 41.6 Å². The van der Waals surface area contributed by atoms with Crippen LogP contribution in [-0.4, -0.2) is 37.0 Å². The summed E-state index contributed by atoms with van der Waals surface area (Å²) in [4.78, 5) is 14.7. The highest BCUT2D eigenvalue weighted by molar-refractivity contribution is 6.30. The van der Waals surface area contributed by atoms with Gasteiger partial charge in [0, 0.05) is 17.3 Å². The molecular formula is C20H25ClN2O2. The lowest BCUT2D eigenvalue weighted by Crippen LogP contribution is -2.42.